The van der Waals surface area contributed by atoms with Crippen LogP contribution in [0, 0.1) is 20.8 Å². The minimum atomic E-state index is 0.512. The molecule has 2 heteroatoms. The van der Waals surface area contributed by atoms with Crippen LogP contribution in [-0.2, 0) is 6.61 Å². The summed E-state index contributed by atoms with van der Waals surface area (Å²) in [5.41, 5.74) is 11.3. The van der Waals surface area contributed by atoms with Gasteiger partial charge in [-0.2, -0.15) is 0 Å². The van der Waals surface area contributed by atoms with Gasteiger partial charge >= 0.3 is 0 Å². The number of aryl methyl sites for hydroxylation is 2. The number of rotatable bonds is 3. The Bertz CT molecular complexity index is 561. The fourth-order valence-corrected chi connectivity index (χ4v) is 1.96. The molecule has 0 aliphatic rings. The second-order valence-electron chi connectivity index (χ2n) is 4.64. The van der Waals surface area contributed by atoms with Crippen molar-refractivity contribution in [1.29, 1.82) is 0 Å². The van der Waals surface area contributed by atoms with E-state index in [1.807, 2.05) is 24.3 Å². The monoisotopic (exact) mass is 241 g/mol. The highest BCUT2D eigenvalue weighted by Gasteiger charge is 2.07. The maximum atomic E-state index is 5.94. The molecule has 2 nitrogen and oxygen atoms in total. The number of ether oxygens (including phenoxy) is 1. The molecule has 0 saturated heterocycles. The van der Waals surface area contributed by atoms with Gasteiger partial charge in [0.15, 0.2) is 0 Å². The number of hydrogen-bond donors (Lipinski definition) is 1. The topological polar surface area (TPSA) is 35.2 Å². The van der Waals surface area contributed by atoms with Crippen molar-refractivity contribution in [3.8, 4) is 5.75 Å². The lowest BCUT2D eigenvalue weighted by Gasteiger charge is -2.14. The van der Waals surface area contributed by atoms with Gasteiger partial charge in [0.1, 0.15) is 12.4 Å². The molecule has 0 fully saturated rings. The first kappa shape index (κ1) is 12.5. The number of nitrogen functional groups attached to an aromatic ring is 1. The molecule has 94 valence electrons. The molecule has 2 aromatic rings. The molecule has 0 aliphatic carbocycles. The molecule has 0 radical (unpaired) electrons. The minimum Gasteiger partial charge on any atom is -0.488 e. The summed E-state index contributed by atoms with van der Waals surface area (Å²) in [6.45, 7) is 6.76. The first-order chi connectivity index (χ1) is 8.59. The predicted molar refractivity (Wildman–Crippen MR) is 75.8 cm³/mol. The molecule has 0 aromatic heterocycles. The zero-order chi connectivity index (χ0) is 13.1. The zero-order valence-corrected chi connectivity index (χ0v) is 11.2. The van der Waals surface area contributed by atoms with E-state index in [2.05, 4.69) is 32.9 Å². The second kappa shape index (κ2) is 5.13. The summed E-state index contributed by atoms with van der Waals surface area (Å²) in [6, 6.07) is 12.0. The van der Waals surface area contributed by atoms with Crippen LogP contribution >= 0.6 is 0 Å². The summed E-state index contributed by atoms with van der Waals surface area (Å²) in [6.07, 6.45) is 0. The van der Waals surface area contributed by atoms with Crippen molar-refractivity contribution in [3.63, 3.8) is 0 Å². The van der Waals surface area contributed by atoms with Crippen molar-refractivity contribution in [2.75, 3.05) is 5.73 Å². The van der Waals surface area contributed by atoms with Gasteiger partial charge in [0, 0.05) is 11.3 Å². The highest BCUT2D eigenvalue weighted by atomic mass is 16.5. The van der Waals surface area contributed by atoms with Crippen LogP contribution in [0.2, 0.25) is 0 Å². The lowest BCUT2D eigenvalue weighted by atomic mass is 10.1. The Morgan fingerprint density at radius 2 is 1.61 bits per heavy atom. The summed E-state index contributed by atoms with van der Waals surface area (Å²) in [5.74, 6) is 0.971. The van der Waals surface area contributed by atoms with Gasteiger partial charge in [0.2, 0.25) is 0 Å². The van der Waals surface area contributed by atoms with E-state index in [1.165, 1.54) is 11.1 Å². The number of hydrogen-bond acceptors (Lipinski definition) is 2. The predicted octanol–water partition coefficient (Wildman–Crippen LogP) is 3.77. The fourth-order valence-electron chi connectivity index (χ4n) is 1.96. The zero-order valence-electron chi connectivity index (χ0n) is 11.2. The van der Waals surface area contributed by atoms with Crippen LogP contribution in [0.15, 0.2) is 36.4 Å². The van der Waals surface area contributed by atoms with E-state index in [1.54, 1.807) is 0 Å². The number of anilines is 1. The summed E-state index contributed by atoms with van der Waals surface area (Å²) in [7, 11) is 0. The smallest absolute Gasteiger partial charge is 0.125 e. The van der Waals surface area contributed by atoms with E-state index in [0.29, 0.717) is 6.61 Å². The average Bonchev–Trinajstić information content (AvgIpc) is 2.36. The SMILES string of the molecule is Cc1ccc(C)c(OCc2ccccc2N)c1C. The van der Waals surface area contributed by atoms with Gasteiger partial charge in [-0.25, -0.2) is 0 Å². The standard InChI is InChI=1S/C16H19NO/c1-11-8-9-12(2)16(13(11)3)18-10-14-6-4-5-7-15(14)17/h4-9H,10,17H2,1-3H3. The van der Waals surface area contributed by atoms with Crippen molar-refractivity contribution < 1.29 is 4.74 Å². The summed E-state index contributed by atoms with van der Waals surface area (Å²) < 4.78 is 5.94. The third-order valence-corrected chi connectivity index (χ3v) is 3.30. The molecule has 0 heterocycles. The second-order valence-corrected chi connectivity index (χ2v) is 4.64. The van der Waals surface area contributed by atoms with Gasteiger partial charge in [-0.05, 0) is 43.5 Å². The molecule has 18 heavy (non-hydrogen) atoms. The maximum Gasteiger partial charge on any atom is 0.125 e. The molecule has 0 atom stereocenters. The first-order valence-electron chi connectivity index (χ1n) is 6.12. The van der Waals surface area contributed by atoms with Crippen LogP contribution in [0.3, 0.4) is 0 Å². The van der Waals surface area contributed by atoms with E-state index >= 15 is 0 Å². The Kier molecular flexibility index (Phi) is 3.56. The first-order valence-corrected chi connectivity index (χ1v) is 6.12. The van der Waals surface area contributed by atoms with Crippen LogP contribution in [0.5, 0.6) is 5.75 Å². The third-order valence-electron chi connectivity index (χ3n) is 3.30. The Morgan fingerprint density at radius 3 is 2.33 bits per heavy atom. The Balaban J connectivity index is 2.21. The molecule has 0 saturated carbocycles. The molecule has 2 N–H and O–H groups in total. The van der Waals surface area contributed by atoms with Crippen LogP contribution in [0.4, 0.5) is 5.69 Å². The number of nitrogens with two attached hydrogens (primary N) is 1. The van der Waals surface area contributed by atoms with Crippen LogP contribution < -0.4 is 10.5 Å². The van der Waals surface area contributed by atoms with E-state index in [4.69, 9.17) is 10.5 Å². The Hall–Kier alpha value is -1.96. The van der Waals surface area contributed by atoms with Crippen LogP contribution in [-0.4, -0.2) is 0 Å². The molecule has 0 bridgehead atoms. The lowest BCUT2D eigenvalue weighted by molar-refractivity contribution is 0.302. The highest BCUT2D eigenvalue weighted by Crippen LogP contribution is 2.27. The molecule has 0 amide bonds. The van der Waals surface area contributed by atoms with Gasteiger partial charge in [0.05, 0.1) is 0 Å². The number of benzene rings is 2. The maximum absolute atomic E-state index is 5.94. The number of para-hydroxylation sites is 1. The van der Waals surface area contributed by atoms with Crippen LogP contribution in [0.1, 0.15) is 22.3 Å². The van der Waals surface area contributed by atoms with Gasteiger partial charge in [0.25, 0.3) is 0 Å². The van der Waals surface area contributed by atoms with E-state index in [0.717, 1.165) is 22.6 Å². The largest absolute Gasteiger partial charge is 0.488 e. The van der Waals surface area contributed by atoms with Crippen molar-refractivity contribution in [3.05, 3.63) is 58.7 Å². The molecule has 2 rings (SSSR count). The van der Waals surface area contributed by atoms with E-state index in [-0.39, 0.29) is 0 Å². The molecule has 0 unspecified atom stereocenters. The van der Waals surface area contributed by atoms with Crippen molar-refractivity contribution in [2.45, 2.75) is 27.4 Å². The van der Waals surface area contributed by atoms with Crippen LogP contribution in [0.25, 0.3) is 0 Å². The quantitative estimate of drug-likeness (QED) is 0.830. The van der Waals surface area contributed by atoms with Gasteiger partial charge < -0.3 is 10.5 Å². The lowest BCUT2D eigenvalue weighted by Crippen LogP contribution is -2.02. The molecular weight excluding hydrogens is 222 g/mol. The van der Waals surface area contributed by atoms with Crippen molar-refractivity contribution in [2.24, 2.45) is 0 Å². The van der Waals surface area contributed by atoms with Gasteiger partial charge in [-0.15, -0.1) is 0 Å². The van der Waals surface area contributed by atoms with Crippen molar-refractivity contribution >= 4 is 5.69 Å². The summed E-state index contributed by atoms with van der Waals surface area (Å²) >= 11 is 0. The van der Waals surface area contributed by atoms with Crippen molar-refractivity contribution in [1.82, 2.24) is 0 Å². The molecule has 2 aromatic carbocycles. The summed E-state index contributed by atoms with van der Waals surface area (Å²) in [5, 5.41) is 0. The van der Waals surface area contributed by atoms with Gasteiger partial charge in [-0.1, -0.05) is 30.3 Å². The normalized spacial score (nSPS) is 10.4. The third kappa shape index (κ3) is 2.48. The minimum absolute atomic E-state index is 0.512. The summed E-state index contributed by atoms with van der Waals surface area (Å²) in [4.78, 5) is 0. The average molecular weight is 241 g/mol. The Labute approximate surface area is 108 Å². The molecule has 0 spiro atoms. The molecule has 0 aliphatic heterocycles. The Morgan fingerprint density at radius 1 is 0.944 bits per heavy atom. The highest BCUT2D eigenvalue weighted by molar-refractivity contribution is 5.47. The van der Waals surface area contributed by atoms with E-state index in [9.17, 15) is 0 Å². The van der Waals surface area contributed by atoms with E-state index < -0.39 is 0 Å². The van der Waals surface area contributed by atoms with Gasteiger partial charge in [-0.3, -0.25) is 0 Å². The molecular formula is C16H19NO. The fraction of sp³-hybridized carbons (Fsp3) is 0.250.